The quantitative estimate of drug-likeness (QED) is 0.227. The molecule has 0 fully saturated rings. The van der Waals surface area contributed by atoms with Crippen LogP contribution in [0.25, 0.3) is 6.08 Å². The van der Waals surface area contributed by atoms with E-state index >= 15 is 0 Å². The van der Waals surface area contributed by atoms with Crippen LogP contribution in [0.3, 0.4) is 0 Å². The van der Waals surface area contributed by atoms with Gasteiger partial charge in [-0.25, -0.2) is 0 Å². The summed E-state index contributed by atoms with van der Waals surface area (Å²) in [5.74, 6) is -2.37. The Morgan fingerprint density at radius 3 is 2.31 bits per heavy atom. The molecule has 4 rings (SSSR count). The Balaban J connectivity index is 1.65. The smallest absolute Gasteiger partial charge is 0.203 e. The minimum absolute atomic E-state index is 0.00310. The molecule has 0 aromatic heterocycles. The Hall–Kier alpha value is -4.57. The molecule has 0 saturated carbocycles. The fourth-order valence-corrected chi connectivity index (χ4v) is 3.73. The number of methoxy groups -OCH3 is 1. The van der Waals surface area contributed by atoms with Crippen LogP contribution in [0.4, 0.5) is 0 Å². The number of phenols is 5. The van der Waals surface area contributed by atoms with Crippen LogP contribution in [0, 0.1) is 0 Å². The van der Waals surface area contributed by atoms with E-state index in [9.17, 15) is 35.4 Å². The van der Waals surface area contributed by atoms with Crippen LogP contribution in [0.5, 0.6) is 46.0 Å². The number of ketones is 1. The summed E-state index contributed by atoms with van der Waals surface area (Å²) in [6.07, 6.45) is 0.711. The second-order valence-corrected chi connectivity index (χ2v) is 7.73. The molecule has 3 aromatic carbocycles. The summed E-state index contributed by atoms with van der Waals surface area (Å²) < 4.78 is 16.9. The Kier molecular flexibility index (Phi) is 6.30. The molecule has 0 spiro atoms. The summed E-state index contributed by atoms with van der Waals surface area (Å²) >= 11 is 0. The van der Waals surface area contributed by atoms with Gasteiger partial charge in [-0.3, -0.25) is 4.79 Å². The lowest BCUT2D eigenvalue weighted by molar-refractivity contribution is -0.0141. The number of rotatable bonds is 6. The molecule has 0 aliphatic carbocycles. The van der Waals surface area contributed by atoms with Crippen LogP contribution in [-0.2, 0) is 0 Å². The number of hydrogen-bond donors (Lipinski definition) is 6. The van der Waals surface area contributed by atoms with Gasteiger partial charge in [0, 0.05) is 17.7 Å². The largest absolute Gasteiger partial charge is 0.508 e. The summed E-state index contributed by atoms with van der Waals surface area (Å²) in [5, 5.41) is 59.3. The van der Waals surface area contributed by atoms with E-state index in [1.165, 1.54) is 37.5 Å². The third kappa shape index (κ3) is 4.59. The van der Waals surface area contributed by atoms with E-state index in [2.05, 4.69) is 0 Å². The lowest BCUT2D eigenvalue weighted by Crippen LogP contribution is -2.36. The zero-order chi connectivity index (χ0) is 25.3. The number of ether oxygens (including phenoxy) is 3. The number of aromatic hydroxyl groups is 5. The average molecular weight is 482 g/mol. The van der Waals surface area contributed by atoms with Crippen LogP contribution in [0.1, 0.15) is 27.6 Å². The van der Waals surface area contributed by atoms with Gasteiger partial charge in [0.1, 0.15) is 22.8 Å². The molecule has 2 unspecified atom stereocenters. The van der Waals surface area contributed by atoms with Crippen molar-refractivity contribution >= 4 is 11.9 Å². The van der Waals surface area contributed by atoms with Crippen molar-refractivity contribution in [3.05, 3.63) is 65.2 Å². The molecule has 0 saturated heterocycles. The van der Waals surface area contributed by atoms with Gasteiger partial charge in [-0.2, -0.15) is 0 Å². The SMILES string of the molecule is COc1cc(C2Oc3cc(/C=C/C(=O)c4c(O)cc(O)cc4O)cc(O)c3OC2CO)ccc1O. The highest BCUT2D eigenvalue weighted by Gasteiger charge is 2.35. The molecular formula is C25H22O10. The first kappa shape index (κ1) is 23.6. The van der Waals surface area contributed by atoms with Crippen LogP contribution >= 0.6 is 0 Å². The zero-order valence-corrected chi connectivity index (χ0v) is 18.4. The number of benzene rings is 3. The van der Waals surface area contributed by atoms with E-state index in [4.69, 9.17) is 14.2 Å². The molecule has 1 aliphatic rings. The summed E-state index contributed by atoms with van der Waals surface area (Å²) in [6.45, 7) is -0.428. The maximum absolute atomic E-state index is 12.5. The van der Waals surface area contributed by atoms with Gasteiger partial charge in [0.2, 0.25) is 5.75 Å². The van der Waals surface area contributed by atoms with Gasteiger partial charge in [-0.15, -0.1) is 0 Å². The van der Waals surface area contributed by atoms with Crippen LogP contribution < -0.4 is 14.2 Å². The number of hydrogen-bond acceptors (Lipinski definition) is 10. The van der Waals surface area contributed by atoms with E-state index in [1.54, 1.807) is 6.07 Å². The van der Waals surface area contributed by atoms with Crippen LogP contribution in [0.2, 0.25) is 0 Å². The normalized spacial score (nSPS) is 16.9. The van der Waals surface area contributed by atoms with E-state index in [0.717, 1.165) is 18.2 Å². The van der Waals surface area contributed by atoms with Gasteiger partial charge in [0.25, 0.3) is 0 Å². The predicted octanol–water partition coefficient (Wildman–Crippen LogP) is 2.99. The number of aliphatic hydroxyl groups excluding tert-OH is 1. The molecule has 0 amide bonds. The highest BCUT2D eigenvalue weighted by atomic mass is 16.6. The molecule has 182 valence electrons. The molecule has 0 radical (unpaired) electrons. The van der Waals surface area contributed by atoms with Crippen molar-refractivity contribution in [1.29, 1.82) is 0 Å². The molecule has 1 heterocycles. The molecule has 2 atom stereocenters. The van der Waals surface area contributed by atoms with Crippen molar-refractivity contribution in [2.75, 3.05) is 13.7 Å². The van der Waals surface area contributed by atoms with Gasteiger partial charge >= 0.3 is 0 Å². The number of aliphatic hydroxyl groups is 1. The monoisotopic (exact) mass is 482 g/mol. The third-order valence-electron chi connectivity index (χ3n) is 5.39. The Morgan fingerprint density at radius 2 is 1.66 bits per heavy atom. The highest BCUT2D eigenvalue weighted by Crippen LogP contribution is 2.46. The first-order chi connectivity index (χ1) is 16.7. The van der Waals surface area contributed by atoms with E-state index in [1.807, 2.05) is 0 Å². The first-order valence-corrected chi connectivity index (χ1v) is 10.4. The third-order valence-corrected chi connectivity index (χ3v) is 5.39. The number of phenolic OH excluding ortho intramolecular Hbond substituents is 5. The summed E-state index contributed by atoms with van der Waals surface area (Å²) in [4.78, 5) is 12.5. The second kappa shape index (κ2) is 9.35. The highest BCUT2D eigenvalue weighted by molar-refractivity contribution is 6.10. The van der Waals surface area contributed by atoms with Crippen molar-refractivity contribution < 1.29 is 49.6 Å². The fraction of sp³-hybridized carbons (Fsp3) is 0.160. The molecule has 3 aromatic rings. The number of allylic oxidation sites excluding steroid dienone is 1. The van der Waals surface area contributed by atoms with Crippen molar-refractivity contribution in [3.63, 3.8) is 0 Å². The molecule has 35 heavy (non-hydrogen) atoms. The minimum atomic E-state index is -0.869. The minimum Gasteiger partial charge on any atom is -0.508 e. The Morgan fingerprint density at radius 1 is 0.943 bits per heavy atom. The van der Waals surface area contributed by atoms with Gasteiger partial charge in [0.15, 0.2) is 41.0 Å². The molecular weight excluding hydrogens is 460 g/mol. The van der Waals surface area contributed by atoms with Gasteiger partial charge < -0.3 is 44.8 Å². The molecule has 10 nitrogen and oxygen atoms in total. The standard InChI is InChI=1S/C25H22O10/c1-33-20-8-13(3-5-15(20)28)24-22(11-26)35-25-19(32)6-12(7-21(25)34-24)2-4-16(29)23-17(30)9-14(27)10-18(23)31/h2-10,22,24,26-28,30-32H,11H2,1H3/b4-2+. The zero-order valence-electron chi connectivity index (χ0n) is 18.4. The lowest BCUT2D eigenvalue weighted by atomic mass is 10.0. The second-order valence-electron chi connectivity index (χ2n) is 7.73. The predicted molar refractivity (Wildman–Crippen MR) is 122 cm³/mol. The average Bonchev–Trinajstić information content (AvgIpc) is 2.81. The summed E-state index contributed by atoms with van der Waals surface area (Å²) in [7, 11) is 1.39. The molecule has 6 N–H and O–H groups in total. The van der Waals surface area contributed by atoms with E-state index < -0.39 is 47.4 Å². The molecule has 10 heteroatoms. The lowest BCUT2D eigenvalue weighted by Gasteiger charge is -2.34. The molecule has 1 aliphatic heterocycles. The number of carbonyl (C=O) groups excluding carboxylic acids is 1. The Labute approximate surface area is 199 Å². The van der Waals surface area contributed by atoms with Crippen molar-refractivity contribution in [3.8, 4) is 46.0 Å². The van der Waals surface area contributed by atoms with Crippen LogP contribution in [-0.4, -0.2) is 56.2 Å². The maximum Gasteiger partial charge on any atom is 0.203 e. The number of fused-ring (bicyclic) bond motifs is 1. The van der Waals surface area contributed by atoms with Crippen molar-refractivity contribution in [2.24, 2.45) is 0 Å². The topological polar surface area (TPSA) is 166 Å². The van der Waals surface area contributed by atoms with Crippen molar-refractivity contribution in [2.45, 2.75) is 12.2 Å². The summed E-state index contributed by atoms with van der Waals surface area (Å²) in [5.41, 5.74) is 0.478. The fourth-order valence-electron chi connectivity index (χ4n) is 3.73. The van der Waals surface area contributed by atoms with Crippen molar-refractivity contribution in [1.82, 2.24) is 0 Å². The van der Waals surface area contributed by atoms with Gasteiger partial charge in [-0.05, 0) is 35.9 Å². The number of carbonyl (C=O) groups is 1. The summed E-state index contributed by atoms with van der Waals surface area (Å²) in [6, 6.07) is 9.18. The molecule has 0 bridgehead atoms. The van der Waals surface area contributed by atoms with Gasteiger partial charge in [-0.1, -0.05) is 12.1 Å². The van der Waals surface area contributed by atoms with Crippen LogP contribution in [0.15, 0.2) is 48.5 Å². The van der Waals surface area contributed by atoms with E-state index in [0.29, 0.717) is 11.1 Å². The first-order valence-electron chi connectivity index (χ1n) is 10.4. The Bertz CT molecular complexity index is 1290. The van der Waals surface area contributed by atoms with E-state index in [-0.39, 0.29) is 28.7 Å². The maximum atomic E-state index is 12.5. The van der Waals surface area contributed by atoms with Gasteiger partial charge in [0.05, 0.1) is 13.7 Å².